The van der Waals surface area contributed by atoms with E-state index < -0.39 is 0 Å². The SMILES string of the molecule is C=CC(=O)NCCc1nc2ccccc2n1Cc1ccc(Cl)c(Cl)c1. The predicted molar refractivity (Wildman–Crippen MR) is 102 cm³/mol. The summed E-state index contributed by atoms with van der Waals surface area (Å²) in [6.07, 6.45) is 1.88. The summed E-state index contributed by atoms with van der Waals surface area (Å²) in [5, 5.41) is 3.85. The molecule has 3 aromatic rings. The highest BCUT2D eigenvalue weighted by Crippen LogP contribution is 2.24. The van der Waals surface area contributed by atoms with Crippen LogP contribution in [-0.2, 0) is 17.8 Å². The van der Waals surface area contributed by atoms with Crippen molar-refractivity contribution in [1.29, 1.82) is 0 Å². The second kappa shape index (κ2) is 7.72. The maximum atomic E-state index is 11.3. The molecule has 3 rings (SSSR count). The maximum Gasteiger partial charge on any atom is 0.243 e. The van der Waals surface area contributed by atoms with Crippen LogP contribution in [0.1, 0.15) is 11.4 Å². The molecule has 6 heteroatoms. The van der Waals surface area contributed by atoms with Crippen molar-refractivity contribution in [3.63, 3.8) is 0 Å². The molecule has 4 nitrogen and oxygen atoms in total. The molecule has 0 unspecified atom stereocenters. The number of rotatable bonds is 6. The van der Waals surface area contributed by atoms with E-state index in [9.17, 15) is 4.79 Å². The molecule has 2 aromatic carbocycles. The van der Waals surface area contributed by atoms with Gasteiger partial charge >= 0.3 is 0 Å². The highest BCUT2D eigenvalue weighted by Gasteiger charge is 2.11. The molecular weight excluding hydrogens is 357 g/mol. The molecule has 1 N–H and O–H groups in total. The van der Waals surface area contributed by atoms with Gasteiger partial charge in [-0.25, -0.2) is 4.98 Å². The van der Waals surface area contributed by atoms with Gasteiger partial charge in [0.05, 0.1) is 21.1 Å². The molecular formula is C19H17Cl2N3O. The minimum atomic E-state index is -0.188. The van der Waals surface area contributed by atoms with Crippen molar-refractivity contribution in [3.8, 4) is 0 Å². The first kappa shape index (κ1) is 17.5. The molecule has 0 spiro atoms. The molecule has 0 atom stereocenters. The van der Waals surface area contributed by atoms with Crippen molar-refractivity contribution in [2.45, 2.75) is 13.0 Å². The summed E-state index contributed by atoms with van der Waals surface area (Å²) in [4.78, 5) is 16.0. The second-order valence-corrected chi connectivity index (χ2v) is 6.41. The van der Waals surface area contributed by atoms with E-state index in [1.54, 1.807) is 6.07 Å². The Kier molecular flexibility index (Phi) is 5.41. The summed E-state index contributed by atoms with van der Waals surface area (Å²) in [7, 11) is 0. The largest absolute Gasteiger partial charge is 0.352 e. The van der Waals surface area contributed by atoms with Crippen LogP contribution in [0, 0.1) is 0 Å². The first-order valence-electron chi connectivity index (χ1n) is 7.87. The highest BCUT2D eigenvalue weighted by molar-refractivity contribution is 6.42. The average Bonchev–Trinajstić information content (AvgIpc) is 2.95. The summed E-state index contributed by atoms with van der Waals surface area (Å²) in [6.45, 7) is 4.58. The minimum Gasteiger partial charge on any atom is -0.352 e. The number of hydrogen-bond acceptors (Lipinski definition) is 2. The van der Waals surface area contributed by atoms with Crippen LogP contribution in [0.5, 0.6) is 0 Å². The smallest absolute Gasteiger partial charge is 0.243 e. The van der Waals surface area contributed by atoms with Crippen LogP contribution in [0.15, 0.2) is 55.1 Å². The van der Waals surface area contributed by atoms with E-state index in [4.69, 9.17) is 28.2 Å². The number of amides is 1. The van der Waals surface area contributed by atoms with Crippen LogP contribution in [0.3, 0.4) is 0 Å². The van der Waals surface area contributed by atoms with E-state index in [1.807, 2.05) is 36.4 Å². The van der Waals surface area contributed by atoms with Gasteiger partial charge in [-0.05, 0) is 35.9 Å². The number of nitrogens with one attached hydrogen (secondary N) is 1. The summed E-state index contributed by atoms with van der Waals surface area (Å²) >= 11 is 12.1. The first-order chi connectivity index (χ1) is 12.1. The minimum absolute atomic E-state index is 0.188. The molecule has 0 saturated carbocycles. The summed E-state index contributed by atoms with van der Waals surface area (Å²) in [5.41, 5.74) is 3.00. The van der Waals surface area contributed by atoms with Crippen molar-refractivity contribution in [2.75, 3.05) is 6.54 Å². The van der Waals surface area contributed by atoms with Crippen LogP contribution < -0.4 is 5.32 Å². The van der Waals surface area contributed by atoms with Gasteiger partial charge < -0.3 is 9.88 Å². The number of para-hydroxylation sites is 2. The Balaban J connectivity index is 1.90. The van der Waals surface area contributed by atoms with E-state index >= 15 is 0 Å². The molecule has 128 valence electrons. The number of hydrogen-bond donors (Lipinski definition) is 1. The van der Waals surface area contributed by atoms with Gasteiger partial charge in [-0.2, -0.15) is 0 Å². The molecule has 25 heavy (non-hydrogen) atoms. The summed E-state index contributed by atoms with van der Waals surface area (Å²) in [5.74, 6) is 0.712. The number of carbonyl (C=O) groups excluding carboxylic acids is 1. The fourth-order valence-electron chi connectivity index (χ4n) is 2.68. The zero-order valence-corrected chi connectivity index (χ0v) is 15.0. The van der Waals surface area contributed by atoms with E-state index in [2.05, 4.69) is 16.5 Å². The molecule has 0 aliphatic rings. The normalized spacial score (nSPS) is 10.8. The van der Waals surface area contributed by atoms with Gasteiger partial charge in [-0.3, -0.25) is 4.79 Å². The number of aromatic nitrogens is 2. The molecule has 0 aliphatic heterocycles. The van der Waals surface area contributed by atoms with Crippen LogP contribution in [0.25, 0.3) is 11.0 Å². The van der Waals surface area contributed by atoms with Crippen molar-refractivity contribution < 1.29 is 4.79 Å². The molecule has 0 saturated heterocycles. The zero-order chi connectivity index (χ0) is 17.8. The molecule has 1 heterocycles. The Hall–Kier alpha value is -2.30. The molecule has 1 aromatic heterocycles. The number of imidazole rings is 1. The average molecular weight is 374 g/mol. The standard InChI is InChI=1S/C19H17Cl2N3O/c1-2-19(25)22-10-9-18-23-16-5-3-4-6-17(16)24(18)12-13-7-8-14(20)15(21)11-13/h2-8,11H,1,9-10,12H2,(H,22,25). The Morgan fingerprint density at radius 2 is 2.00 bits per heavy atom. The lowest BCUT2D eigenvalue weighted by Gasteiger charge is -2.10. The van der Waals surface area contributed by atoms with E-state index in [0.717, 1.165) is 22.4 Å². The first-order valence-corrected chi connectivity index (χ1v) is 8.62. The van der Waals surface area contributed by atoms with Crippen LogP contribution in [0.4, 0.5) is 0 Å². The van der Waals surface area contributed by atoms with Crippen molar-refractivity contribution >= 4 is 40.1 Å². The topological polar surface area (TPSA) is 46.9 Å². The number of carbonyl (C=O) groups is 1. The van der Waals surface area contributed by atoms with Crippen molar-refractivity contribution in [1.82, 2.24) is 14.9 Å². The van der Waals surface area contributed by atoms with Gasteiger partial charge in [0.1, 0.15) is 5.82 Å². The van der Waals surface area contributed by atoms with Crippen LogP contribution >= 0.6 is 23.2 Å². The number of halogens is 2. The monoisotopic (exact) mass is 373 g/mol. The second-order valence-electron chi connectivity index (χ2n) is 5.60. The zero-order valence-electron chi connectivity index (χ0n) is 13.5. The van der Waals surface area contributed by atoms with E-state index in [-0.39, 0.29) is 5.91 Å². The third-order valence-corrected chi connectivity index (χ3v) is 4.63. The molecule has 0 radical (unpaired) electrons. The fraction of sp³-hybridized carbons (Fsp3) is 0.158. The Labute approximate surface area is 156 Å². The van der Waals surface area contributed by atoms with Crippen LogP contribution in [-0.4, -0.2) is 22.0 Å². The molecule has 0 fully saturated rings. The third-order valence-electron chi connectivity index (χ3n) is 3.89. The molecule has 1 amide bonds. The Morgan fingerprint density at radius 1 is 1.20 bits per heavy atom. The highest BCUT2D eigenvalue weighted by atomic mass is 35.5. The maximum absolute atomic E-state index is 11.3. The third kappa shape index (κ3) is 4.03. The van der Waals surface area contributed by atoms with Gasteiger partial charge in [0.2, 0.25) is 5.91 Å². The number of benzene rings is 2. The van der Waals surface area contributed by atoms with E-state index in [0.29, 0.717) is 29.6 Å². The Bertz CT molecular complexity index is 934. The lowest BCUT2D eigenvalue weighted by Crippen LogP contribution is -2.24. The van der Waals surface area contributed by atoms with E-state index in [1.165, 1.54) is 6.08 Å². The van der Waals surface area contributed by atoms with Crippen molar-refractivity contribution in [2.24, 2.45) is 0 Å². The summed E-state index contributed by atoms with van der Waals surface area (Å²) < 4.78 is 2.13. The Morgan fingerprint density at radius 3 is 2.76 bits per heavy atom. The van der Waals surface area contributed by atoms with Gasteiger partial charge in [0.25, 0.3) is 0 Å². The summed E-state index contributed by atoms with van der Waals surface area (Å²) in [6, 6.07) is 13.6. The predicted octanol–water partition coefficient (Wildman–Crippen LogP) is 4.24. The fourth-order valence-corrected chi connectivity index (χ4v) is 3.00. The van der Waals surface area contributed by atoms with Gasteiger partial charge in [-0.15, -0.1) is 0 Å². The van der Waals surface area contributed by atoms with Crippen LogP contribution in [0.2, 0.25) is 10.0 Å². The van der Waals surface area contributed by atoms with Crippen molar-refractivity contribution in [3.05, 3.63) is 76.6 Å². The lowest BCUT2D eigenvalue weighted by molar-refractivity contribution is -0.116. The molecule has 0 bridgehead atoms. The van der Waals surface area contributed by atoms with Gasteiger partial charge in [-0.1, -0.05) is 48.0 Å². The lowest BCUT2D eigenvalue weighted by atomic mass is 10.2. The van der Waals surface area contributed by atoms with Gasteiger partial charge in [0, 0.05) is 19.5 Å². The van der Waals surface area contributed by atoms with Gasteiger partial charge in [0.15, 0.2) is 0 Å². The molecule has 0 aliphatic carbocycles. The number of fused-ring (bicyclic) bond motifs is 1. The number of nitrogens with zero attached hydrogens (tertiary/aromatic N) is 2. The quantitative estimate of drug-likeness (QED) is 0.657.